The van der Waals surface area contributed by atoms with E-state index in [2.05, 4.69) is 5.32 Å². The van der Waals surface area contributed by atoms with Gasteiger partial charge in [0.25, 0.3) is 0 Å². The van der Waals surface area contributed by atoms with Gasteiger partial charge in [-0.2, -0.15) is 0 Å². The SMILES string of the molecule is O=C[CH]Nc1ccccc1Cl. The molecule has 0 heterocycles. The highest BCUT2D eigenvalue weighted by atomic mass is 35.5. The molecule has 11 heavy (non-hydrogen) atoms. The highest BCUT2D eigenvalue weighted by Gasteiger charge is 1.94. The second-order valence-corrected chi connectivity index (χ2v) is 2.33. The van der Waals surface area contributed by atoms with Crippen LogP contribution in [0.1, 0.15) is 0 Å². The van der Waals surface area contributed by atoms with E-state index in [0.717, 1.165) is 5.69 Å². The Morgan fingerprint density at radius 3 is 2.73 bits per heavy atom. The predicted octanol–water partition coefficient (Wildman–Crippen LogP) is 2.11. The zero-order chi connectivity index (χ0) is 8.10. The molecule has 1 rings (SSSR count). The van der Waals surface area contributed by atoms with Crippen molar-refractivity contribution in [2.75, 3.05) is 5.32 Å². The fourth-order valence-electron chi connectivity index (χ4n) is 0.702. The normalized spacial score (nSPS) is 9.18. The monoisotopic (exact) mass is 168 g/mol. The summed E-state index contributed by atoms with van der Waals surface area (Å²) in [6.45, 7) is 1.29. The van der Waals surface area contributed by atoms with Crippen LogP contribution in [0.5, 0.6) is 0 Å². The third kappa shape index (κ3) is 2.24. The Morgan fingerprint density at radius 1 is 1.36 bits per heavy atom. The average Bonchev–Trinajstić information content (AvgIpc) is 2.03. The molecule has 57 valence electrons. The zero-order valence-corrected chi connectivity index (χ0v) is 6.51. The standard InChI is InChI=1S/C8H7ClNO/c9-7-3-1-2-4-8(7)10-5-6-11/h1-6,10H. The van der Waals surface area contributed by atoms with Crippen LogP contribution in [0, 0.1) is 6.54 Å². The van der Waals surface area contributed by atoms with Gasteiger partial charge in [0.2, 0.25) is 0 Å². The van der Waals surface area contributed by atoms with Gasteiger partial charge in [0, 0.05) is 0 Å². The second kappa shape index (κ2) is 3.98. The third-order valence-electron chi connectivity index (χ3n) is 1.18. The first-order valence-electron chi connectivity index (χ1n) is 3.12. The van der Waals surface area contributed by atoms with E-state index < -0.39 is 0 Å². The van der Waals surface area contributed by atoms with E-state index in [1.807, 2.05) is 12.1 Å². The Hall–Kier alpha value is -1.02. The number of aldehydes is 1. The summed E-state index contributed by atoms with van der Waals surface area (Å²) in [6.07, 6.45) is 0.670. The van der Waals surface area contributed by atoms with Gasteiger partial charge in [0.15, 0.2) is 0 Å². The van der Waals surface area contributed by atoms with Gasteiger partial charge in [-0.05, 0) is 12.1 Å². The van der Waals surface area contributed by atoms with Crippen molar-refractivity contribution in [3.05, 3.63) is 35.8 Å². The maximum Gasteiger partial charge on any atom is 0.144 e. The van der Waals surface area contributed by atoms with Crippen LogP contribution < -0.4 is 5.32 Å². The highest BCUT2D eigenvalue weighted by molar-refractivity contribution is 6.33. The van der Waals surface area contributed by atoms with Crippen LogP contribution in [0.25, 0.3) is 0 Å². The number of anilines is 1. The van der Waals surface area contributed by atoms with Crippen molar-refractivity contribution in [1.82, 2.24) is 0 Å². The molecular weight excluding hydrogens is 162 g/mol. The highest BCUT2D eigenvalue weighted by Crippen LogP contribution is 2.19. The van der Waals surface area contributed by atoms with E-state index >= 15 is 0 Å². The molecule has 0 aliphatic carbocycles. The lowest BCUT2D eigenvalue weighted by Crippen LogP contribution is -1.94. The number of hydrogen-bond acceptors (Lipinski definition) is 2. The lowest BCUT2D eigenvalue weighted by Gasteiger charge is -2.02. The molecule has 1 aromatic rings. The van der Waals surface area contributed by atoms with E-state index in [4.69, 9.17) is 11.6 Å². The fraction of sp³-hybridized carbons (Fsp3) is 0. The summed E-state index contributed by atoms with van der Waals surface area (Å²) >= 11 is 5.76. The van der Waals surface area contributed by atoms with E-state index in [-0.39, 0.29) is 0 Å². The summed E-state index contributed by atoms with van der Waals surface area (Å²) in [5, 5.41) is 3.34. The Labute approximate surface area is 70.2 Å². The molecule has 0 saturated carbocycles. The first kappa shape index (κ1) is 8.08. The van der Waals surface area contributed by atoms with Gasteiger partial charge in [-0.15, -0.1) is 0 Å². The van der Waals surface area contributed by atoms with Gasteiger partial charge in [0.1, 0.15) is 12.8 Å². The Morgan fingerprint density at radius 2 is 2.09 bits per heavy atom. The lowest BCUT2D eigenvalue weighted by atomic mass is 10.3. The number of para-hydroxylation sites is 1. The van der Waals surface area contributed by atoms with Crippen molar-refractivity contribution in [1.29, 1.82) is 0 Å². The first-order chi connectivity index (χ1) is 5.34. The summed E-state index contributed by atoms with van der Waals surface area (Å²) in [7, 11) is 0. The molecule has 1 radical (unpaired) electrons. The second-order valence-electron chi connectivity index (χ2n) is 1.93. The Kier molecular flexibility index (Phi) is 2.93. The zero-order valence-electron chi connectivity index (χ0n) is 5.75. The van der Waals surface area contributed by atoms with Crippen LogP contribution in [0.2, 0.25) is 5.02 Å². The first-order valence-corrected chi connectivity index (χ1v) is 3.50. The van der Waals surface area contributed by atoms with Crippen LogP contribution in [0.4, 0.5) is 5.69 Å². The number of carbonyl (C=O) groups excluding carboxylic acids is 1. The largest absolute Gasteiger partial charge is 0.372 e. The molecule has 0 fully saturated rings. The number of rotatable bonds is 3. The molecule has 0 aliphatic heterocycles. The maximum absolute atomic E-state index is 9.93. The van der Waals surface area contributed by atoms with Gasteiger partial charge >= 0.3 is 0 Å². The molecule has 0 atom stereocenters. The van der Waals surface area contributed by atoms with Gasteiger partial charge in [-0.1, -0.05) is 23.7 Å². The predicted molar refractivity (Wildman–Crippen MR) is 45.4 cm³/mol. The Bertz CT molecular complexity index is 250. The maximum atomic E-state index is 9.93. The minimum Gasteiger partial charge on any atom is -0.372 e. The Balaban J connectivity index is 2.69. The number of hydrogen-bond donors (Lipinski definition) is 1. The molecule has 0 bridgehead atoms. The van der Waals surface area contributed by atoms with Crippen LogP contribution in [0.15, 0.2) is 24.3 Å². The van der Waals surface area contributed by atoms with Crippen molar-refractivity contribution < 1.29 is 4.79 Å². The molecule has 0 unspecified atom stereocenters. The molecule has 0 spiro atoms. The minimum atomic E-state index is 0.602. The number of halogens is 1. The average molecular weight is 169 g/mol. The van der Waals surface area contributed by atoms with Gasteiger partial charge in [-0.25, -0.2) is 0 Å². The quantitative estimate of drug-likeness (QED) is 0.701. The van der Waals surface area contributed by atoms with Crippen LogP contribution in [0.3, 0.4) is 0 Å². The molecule has 0 aliphatic rings. The van der Waals surface area contributed by atoms with Crippen molar-refractivity contribution in [2.45, 2.75) is 0 Å². The molecule has 0 amide bonds. The summed E-state index contributed by atoms with van der Waals surface area (Å²) in [5.74, 6) is 0. The van der Waals surface area contributed by atoms with Gasteiger partial charge < -0.3 is 10.1 Å². The lowest BCUT2D eigenvalue weighted by molar-refractivity contribution is -0.105. The molecule has 2 nitrogen and oxygen atoms in total. The van der Waals surface area contributed by atoms with Crippen molar-refractivity contribution in [2.24, 2.45) is 0 Å². The van der Waals surface area contributed by atoms with Crippen molar-refractivity contribution in [3.8, 4) is 0 Å². The van der Waals surface area contributed by atoms with E-state index in [0.29, 0.717) is 11.3 Å². The smallest absolute Gasteiger partial charge is 0.144 e. The molecule has 1 aromatic carbocycles. The van der Waals surface area contributed by atoms with Crippen molar-refractivity contribution >= 4 is 23.6 Å². The minimum absolute atomic E-state index is 0.602. The van der Waals surface area contributed by atoms with Crippen LogP contribution in [-0.4, -0.2) is 6.29 Å². The topological polar surface area (TPSA) is 29.1 Å². The molecule has 1 N–H and O–H groups in total. The summed E-state index contributed by atoms with van der Waals surface area (Å²) in [6, 6.07) is 7.21. The summed E-state index contributed by atoms with van der Waals surface area (Å²) in [5.41, 5.74) is 0.737. The van der Waals surface area contributed by atoms with Gasteiger partial charge in [-0.3, -0.25) is 0 Å². The van der Waals surface area contributed by atoms with Gasteiger partial charge in [0.05, 0.1) is 10.7 Å². The van der Waals surface area contributed by atoms with E-state index in [9.17, 15) is 4.79 Å². The number of nitrogens with one attached hydrogen (secondary N) is 1. The molecule has 0 saturated heterocycles. The number of carbonyl (C=O) groups is 1. The van der Waals surface area contributed by atoms with E-state index in [1.54, 1.807) is 12.1 Å². The molecular formula is C8H7ClNO. The van der Waals surface area contributed by atoms with Crippen LogP contribution >= 0.6 is 11.6 Å². The van der Waals surface area contributed by atoms with Crippen molar-refractivity contribution in [3.63, 3.8) is 0 Å². The van der Waals surface area contributed by atoms with Crippen LogP contribution in [-0.2, 0) is 4.79 Å². The molecule has 0 aromatic heterocycles. The van der Waals surface area contributed by atoms with E-state index in [1.165, 1.54) is 6.54 Å². The summed E-state index contributed by atoms with van der Waals surface area (Å²) < 4.78 is 0. The third-order valence-corrected chi connectivity index (χ3v) is 1.51. The number of benzene rings is 1. The summed E-state index contributed by atoms with van der Waals surface area (Å²) in [4.78, 5) is 9.93. The fourth-order valence-corrected chi connectivity index (χ4v) is 0.892. The molecule has 3 heteroatoms.